The third-order valence-electron chi connectivity index (χ3n) is 4.47. The Morgan fingerprint density at radius 1 is 1.00 bits per heavy atom. The van der Waals surface area contributed by atoms with E-state index < -0.39 is 5.97 Å². The van der Waals surface area contributed by atoms with Crippen LogP contribution in [-0.2, 0) is 16.1 Å². The number of imide groups is 1. The van der Waals surface area contributed by atoms with E-state index in [1.54, 1.807) is 30.3 Å². The number of carbonyl (C=O) groups is 3. The van der Waals surface area contributed by atoms with Crippen LogP contribution in [0, 0.1) is 0 Å². The molecule has 0 saturated carbocycles. The molecule has 2 amide bonds. The van der Waals surface area contributed by atoms with E-state index in [9.17, 15) is 14.4 Å². The summed E-state index contributed by atoms with van der Waals surface area (Å²) >= 11 is 0.928. The molecule has 0 bridgehead atoms. The molecule has 3 aromatic carbocycles. The first-order valence-corrected chi connectivity index (χ1v) is 9.83. The lowest BCUT2D eigenvalue weighted by atomic mass is 10.1. The van der Waals surface area contributed by atoms with Crippen molar-refractivity contribution in [2.45, 2.75) is 13.5 Å². The third kappa shape index (κ3) is 4.22. The second kappa shape index (κ2) is 7.93. The number of hydrogen-bond acceptors (Lipinski definition) is 5. The number of thioether (sulfide) groups is 1. The Hall–Kier alpha value is -3.38. The van der Waals surface area contributed by atoms with Gasteiger partial charge in [-0.3, -0.25) is 19.3 Å². The van der Waals surface area contributed by atoms with Crippen molar-refractivity contribution < 1.29 is 19.1 Å². The van der Waals surface area contributed by atoms with Crippen molar-refractivity contribution in [2.75, 3.05) is 0 Å². The first-order valence-electron chi connectivity index (χ1n) is 9.01. The van der Waals surface area contributed by atoms with Crippen molar-refractivity contribution in [3.05, 3.63) is 82.8 Å². The monoisotopic (exact) mass is 403 g/mol. The molecule has 5 nitrogen and oxygen atoms in total. The minimum absolute atomic E-state index is 0.234. The van der Waals surface area contributed by atoms with Gasteiger partial charge in [0, 0.05) is 6.92 Å². The van der Waals surface area contributed by atoms with Gasteiger partial charge in [0.25, 0.3) is 11.1 Å². The van der Waals surface area contributed by atoms with E-state index in [1.165, 1.54) is 11.8 Å². The number of rotatable bonds is 4. The number of benzene rings is 3. The Balaban J connectivity index is 1.51. The maximum absolute atomic E-state index is 12.7. The lowest BCUT2D eigenvalue weighted by Crippen LogP contribution is -2.27. The van der Waals surface area contributed by atoms with Gasteiger partial charge in [0.1, 0.15) is 5.75 Å². The van der Waals surface area contributed by atoms with E-state index in [4.69, 9.17) is 4.74 Å². The van der Waals surface area contributed by atoms with Crippen molar-refractivity contribution in [1.29, 1.82) is 0 Å². The summed E-state index contributed by atoms with van der Waals surface area (Å²) in [6.45, 7) is 1.57. The van der Waals surface area contributed by atoms with Gasteiger partial charge in [0.2, 0.25) is 0 Å². The molecule has 0 unspecified atom stereocenters. The first-order chi connectivity index (χ1) is 14.0. The molecular weight excluding hydrogens is 386 g/mol. The van der Waals surface area contributed by atoms with Crippen LogP contribution in [0.5, 0.6) is 5.75 Å². The lowest BCUT2D eigenvalue weighted by Gasteiger charge is -2.13. The summed E-state index contributed by atoms with van der Waals surface area (Å²) in [7, 11) is 0. The fraction of sp³-hybridized carbons (Fsp3) is 0.0870. The van der Waals surface area contributed by atoms with Gasteiger partial charge in [-0.15, -0.1) is 0 Å². The summed E-state index contributed by atoms with van der Waals surface area (Å²) < 4.78 is 5.00. The van der Waals surface area contributed by atoms with E-state index in [2.05, 4.69) is 0 Å². The standard InChI is InChI=1S/C23H17NO4S/c1-15(25)28-20-10-7-16(8-11-20)13-21-22(26)24(23(27)29-21)14-17-6-9-18-4-2-3-5-19(18)12-17/h2-13H,14H2,1H3/b21-13-. The molecule has 1 fully saturated rings. The largest absolute Gasteiger partial charge is 0.427 e. The summed E-state index contributed by atoms with van der Waals surface area (Å²) in [5.74, 6) is -0.274. The highest BCUT2D eigenvalue weighted by atomic mass is 32.2. The van der Waals surface area contributed by atoms with Crippen LogP contribution in [0.1, 0.15) is 18.1 Å². The maximum atomic E-state index is 12.7. The van der Waals surface area contributed by atoms with Gasteiger partial charge in [0.15, 0.2) is 0 Å². The van der Waals surface area contributed by atoms with Gasteiger partial charge in [-0.05, 0) is 57.9 Å². The number of ether oxygens (including phenoxy) is 1. The van der Waals surface area contributed by atoms with Crippen molar-refractivity contribution in [1.82, 2.24) is 4.90 Å². The molecule has 1 aliphatic rings. The van der Waals surface area contributed by atoms with E-state index in [-0.39, 0.29) is 17.7 Å². The minimum Gasteiger partial charge on any atom is -0.427 e. The van der Waals surface area contributed by atoms with Crippen LogP contribution in [0.2, 0.25) is 0 Å². The van der Waals surface area contributed by atoms with E-state index in [0.717, 1.165) is 33.7 Å². The highest BCUT2D eigenvalue weighted by molar-refractivity contribution is 8.18. The fourth-order valence-corrected chi connectivity index (χ4v) is 3.94. The van der Waals surface area contributed by atoms with Crippen LogP contribution in [-0.4, -0.2) is 22.0 Å². The van der Waals surface area contributed by atoms with Crippen molar-refractivity contribution in [3.63, 3.8) is 0 Å². The Bertz CT molecular complexity index is 1150. The molecule has 3 aromatic rings. The molecule has 0 radical (unpaired) electrons. The molecule has 1 saturated heterocycles. The number of hydrogen-bond donors (Lipinski definition) is 0. The van der Waals surface area contributed by atoms with Crippen LogP contribution in [0.3, 0.4) is 0 Å². The van der Waals surface area contributed by atoms with E-state index in [1.807, 2.05) is 42.5 Å². The van der Waals surface area contributed by atoms with Gasteiger partial charge < -0.3 is 4.74 Å². The zero-order valence-corrected chi connectivity index (χ0v) is 16.4. The summed E-state index contributed by atoms with van der Waals surface area (Å²) in [4.78, 5) is 37.8. The SMILES string of the molecule is CC(=O)Oc1ccc(/C=C2\SC(=O)N(Cc3ccc4ccccc4c3)C2=O)cc1. The summed E-state index contributed by atoms with van der Waals surface area (Å²) in [6, 6.07) is 20.6. The number of carbonyl (C=O) groups excluding carboxylic acids is 3. The van der Waals surface area contributed by atoms with Gasteiger partial charge in [-0.1, -0.05) is 48.5 Å². The molecule has 0 aromatic heterocycles. The van der Waals surface area contributed by atoms with Gasteiger partial charge >= 0.3 is 5.97 Å². The summed E-state index contributed by atoms with van der Waals surface area (Å²) in [5, 5.41) is 1.90. The van der Waals surface area contributed by atoms with Crippen LogP contribution >= 0.6 is 11.8 Å². The molecular formula is C23H17NO4S. The molecule has 6 heteroatoms. The molecule has 4 rings (SSSR count). The smallest absolute Gasteiger partial charge is 0.308 e. The average molecular weight is 403 g/mol. The minimum atomic E-state index is -0.396. The van der Waals surface area contributed by atoms with Gasteiger partial charge in [-0.2, -0.15) is 0 Å². The Labute approximate surface area is 172 Å². The average Bonchev–Trinajstić information content (AvgIpc) is 2.96. The Morgan fingerprint density at radius 3 is 2.45 bits per heavy atom. The van der Waals surface area contributed by atoms with E-state index in [0.29, 0.717) is 10.7 Å². The zero-order valence-electron chi connectivity index (χ0n) is 15.6. The highest BCUT2D eigenvalue weighted by Crippen LogP contribution is 2.33. The molecule has 0 atom stereocenters. The molecule has 0 spiro atoms. The molecule has 0 aliphatic carbocycles. The quantitative estimate of drug-likeness (QED) is 0.348. The highest BCUT2D eigenvalue weighted by Gasteiger charge is 2.34. The topological polar surface area (TPSA) is 63.7 Å². The first kappa shape index (κ1) is 19.0. The second-order valence-electron chi connectivity index (χ2n) is 6.61. The number of amides is 2. The molecule has 0 N–H and O–H groups in total. The van der Waals surface area contributed by atoms with E-state index >= 15 is 0 Å². The number of fused-ring (bicyclic) bond motifs is 1. The Kier molecular flexibility index (Phi) is 5.18. The maximum Gasteiger partial charge on any atom is 0.308 e. The van der Waals surface area contributed by atoms with Crippen LogP contribution < -0.4 is 4.74 Å². The predicted molar refractivity (Wildman–Crippen MR) is 113 cm³/mol. The normalized spacial score (nSPS) is 15.3. The number of esters is 1. The zero-order chi connectivity index (χ0) is 20.4. The van der Waals surface area contributed by atoms with Crippen molar-refractivity contribution >= 4 is 45.7 Å². The molecule has 1 heterocycles. The number of nitrogens with zero attached hydrogens (tertiary/aromatic N) is 1. The third-order valence-corrected chi connectivity index (χ3v) is 5.37. The van der Waals surface area contributed by atoms with Crippen LogP contribution in [0.4, 0.5) is 4.79 Å². The molecule has 29 heavy (non-hydrogen) atoms. The predicted octanol–water partition coefficient (Wildman–Crippen LogP) is 5.00. The van der Waals surface area contributed by atoms with Crippen molar-refractivity contribution in [3.8, 4) is 5.75 Å². The van der Waals surface area contributed by atoms with Crippen LogP contribution in [0.15, 0.2) is 71.6 Å². The Morgan fingerprint density at radius 2 is 1.72 bits per heavy atom. The fourth-order valence-electron chi connectivity index (χ4n) is 3.11. The van der Waals surface area contributed by atoms with Gasteiger partial charge in [-0.25, -0.2) is 0 Å². The second-order valence-corrected chi connectivity index (χ2v) is 7.61. The molecule has 144 valence electrons. The lowest BCUT2D eigenvalue weighted by molar-refractivity contribution is -0.131. The van der Waals surface area contributed by atoms with Crippen LogP contribution in [0.25, 0.3) is 16.8 Å². The summed E-state index contributed by atoms with van der Waals surface area (Å²) in [6.07, 6.45) is 1.67. The summed E-state index contributed by atoms with van der Waals surface area (Å²) in [5.41, 5.74) is 1.65. The molecule has 1 aliphatic heterocycles. The van der Waals surface area contributed by atoms with Gasteiger partial charge in [0.05, 0.1) is 11.4 Å². The van der Waals surface area contributed by atoms with Crippen molar-refractivity contribution in [2.24, 2.45) is 0 Å².